The van der Waals surface area contributed by atoms with Gasteiger partial charge in [0.15, 0.2) is 0 Å². The van der Waals surface area contributed by atoms with E-state index in [1.165, 1.54) is 62.7 Å². The molecule has 0 aliphatic carbocycles. The fourth-order valence-electron chi connectivity index (χ4n) is 0.443. The first-order valence-electron chi connectivity index (χ1n) is 13.3. The Morgan fingerprint density at radius 3 is 0.630 bits per heavy atom. The van der Waals surface area contributed by atoms with Crippen molar-refractivity contribution in [1.29, 1.82) is 0 Å². The Hall–Kier alpha value is -1.63. The summed E-state index contributed by atoms with van der Waals surface area (Å²) in [4.78, 5) is 80.6. The second-order valence-corrected chi connectivity index (χ2v) is 5.66. The van der Waals surface area contributed by atoms with Crippen LogP contribution in [0.25, 0.3) is 0 Å². The molecular formula is C30H72N4O10Y2. The molecule has 6 amide bonds. The molecule has 0 atom stereocenters. The van der Waals surface area contributed by atoms with Crippen LogP contribution in [0.1, 0.15) is 119 Å². The standard InChI is InChI=1S/2C5H9NO2.2C3H7NO.2C2H4O2.4C2H6.2CH4.2Y/c2*1-4(7)6(3)5(2)8;2*1-3(5)4-2;1-4-2-3;1-2(3)4;4*1-2;;;;/h2*1-3H3;2*1-2H3,(H,4,5);2H,1H3;1H3,(H,3,4);4*1-2H3;2*1H4;;. The molecular weight excluding hydrogens is 754 g/mol. The number of carboxylic acids is 1. The number of rotatable bonds is 1. The number of amides is 6. The molecule has 278 valence electrons. The van der Waals surface area contributed by atoms with Gasteiger partial charge in [0.2, 0.25) is 35.4 Å². The molecule has 0 saturated carbocycles. The van der Waals surface area contributed by atoms with Crippen molar-refractivity contribution in [2.45, 2.75) is 119 Å². The number of nitrogens with zero attached hydrogens (tertiary/aromatic N) is 2. The molecule has 0 fully saturated rings. The molecule has 0 aliphatic rings. The number of nitrogens with one attached hydrogen (secondary N) is 2. The van der Waals surface area contributed by atoms with Gasteiger partial charge >= 0.3 is 0 Å². The van der Waals surface area contributed by atoms with Gasteiger partial charge in [-0.1, -0.05) is 70.2 Å². The van der Waals surface area contributed by atoms with Crippen molar-refractivity contribution in [2.24, 2.45) is 0 Å². The first-order valence-corrected chi connectivity index (χ1v) is 13.3. The van der Waals surface area contributed by atoms with Gasteiger partial charge in [-0.25, -0.2) is 0 Å². The van der Waals surface area contributed by atoms with Gasteiger partial charge in [-0.05, 0) is 0 Å². The molecule has 2 radical (unpaired) electrons. The molecule has 16 heteroatoms. The van der Waals surface area contributed by atoms with Gasteiger partial charge in [0.25, 0.3) is 12.4 Å². The molecule has 0 aromatic heterocycles. The predicted octanol–water partition coefficient (Wildman–Crippen LogP) is 4.78. The van der Waals surface area contributed by atoms with Gasteiger partial charge in [-0.15, -0.1) is 0 Å². The van der Waals surface area contributed by atoms with Crippen LogP contribution in [-0.2, 0) is 109 Å². The van der Waals surface area contributed by atoms with Gasteiger partial charge in [-0.2, -0.15) is 0 Å². The number of carbonyl (C=O) groups is 8. The van der Waals surface area contributed by atoms with Gasteiger partial charge in [0.05, 0.1) is 7.11 Å². The van der Waals surface area contributed by atoms with Gasteiger partial charge in [0.1, 0.15) is 0 Å². The molecule has 0 bridgehead atoms. The van der Waals surface area contributed by atoms with E-state index >= 15 is 0 Å². The van der Waals surface area contributed by atoms with Crippen molar-refractivity contribution in [3.8, 4) is 0 Å². The zero-order valence-corrected chi connectivity index (χ0v) is 36.9. The average Bonchev–Trinajstić information content (AvgIpc) is 2.96. The van der Waals surface area contributed by atoms with Crippen LogP contribution in [0, 0.1) is 0 Å². The zero-order valence-electron chi connectivity index (χ0n) is 31.2. The number of hydrogen-bond acceptors (Lipinski definition) is 9. The fraction of sp³-hybridized carbons (Fsp3) is 0.733. The second kappa shape index (κ2) is 90.3. The van der Waals surface area contributed by atoms with E-state index in [0.29, 0.717) is 6.47 Å². The Kier molecular flexibility index (Phi) is 178. The number of aliphatic carboxylic acids is 1. The molecule has 0 aliphatic heterocycles. The summed E-state index contributed by atoms with van der Waals surface area (Å²) in [7, 11) is 7.41. The summed E-state index contributed by atoms with van der Waals surface area (Å²) in [6.45, 7) is 25.8. The summed E-state index contributed by atoms with van der Waals surface area (Å²) in [5.41, 5.74) is 0. The molecule has 0 aromatic carbocycles. The molecule has 0 heterocycles. The molecule has 3 N–H and O–H groups in total. The summed E-state index contributed by atoms with van der Waals surface area (Å²) in [5.74, 6) is -1.72. The Bertz CT molecular complexity index is 579. The van der Waals surface area contributed by atoms with E-state index in [4.69, 9.17) is 14.7 Å². The van der Waals surface area contributed by atoms with Crippen molar-refractivity contribution in [1.82, 2.24) is 20.4 Å². The maximum Gasteiger partial charge on any atom is 0.300 e. The minimum Gasteiger partial charge on any atom is -0.481 e. The molecule has 0 unspecified atom stereocenters. The summed E-state index contributed by atoms with van der Waals surface area (Å²) < 4.78 is 3.86. The summed E-state index contributed by atoms with van der Waals surface area (Å²) in [6, 6.07) is 0. The summed E-state index contributed by atoms with van der Waals surface area (Å²) in [5, 5.41) is 12.2. The number of carbonyl (C=O) groups excluding carboxylic acids is 7. The topological polar surface area (TPSA) is 197 Å². The second-order valence-electron chi connectivity index (χ2n) is 5.66. The van der Waals surface area contributed by atoms with E-state index in [9.17, 15) is 28.8 Å². The Morgan fingerprint density at radius 1 is 0.543 bits per heavy atom. The molecule has 46 heavy (non-hydrogen) atoms. The predicted molar refractivity (Wildman–Crippen MR) is 183 cm³/mol. The van der Waals surface area contributed by atoms with Gasteiger partial charge in [0, 0.05) is 142 Å². The van der Waals surface area contributed by atoms with Crippen molar-refractivity contribution >= 4 is 47.9 Å². The monoisotopic (exact) mass is 826 g/mol. The van der Waals surface area contributed by atoms with Crippen LogP contribution in [0.3, 0.4) is 0 Å². The van der Waals surface area contributed by atoms with Crippen LogP contribution in [-0.4, -0.2) is 98.1 Å². The summed E-state index contributed by atoms with van der Waals surface area (Å²) in [6.07, 6.45) is 0. The zero-order chi connectivity index (χ0) is 37.0. The Morgan fingerprint density at radius 2 is 0.630 bits per heavy atom. The molecule has 0 saturated heterocycles. The number of methoxy groups -OCH3 is 1. The maximum absolute atomic E-state index is 10.3. The minimum atomic E-state index is -0.833. The molecule has 0 spiro atoms. The quantitative estimate of drug-likeness (QED) is 0.310. The first kappa shape index (κ1) is 90.5. The van der Waals surface area contributed by atoms with E-state index in [-0.39, 0.29) is 116 Å². The third kappa shape index (κ3) is 193. The number of carboxylic acid groups (broad SMARTS) is 1. The van der Waals surface area contributed by atoms with Crippen LogP contribution < -0.4 is 10.6 Å². The van der Waals surface area contributed by atoms with Gasteiger partial charge in [-0.3, -0.25) is 48.2 Å². The van der Waals surface area contributed by atoms with Crippen molar-refractivity contribution in [3.05, 3.63) is 0 Å². The number of ether oxygens (including phenoxy) is 1. The molecule has 0 rings (SSSR count). The number of imide groups is 2. The van der Waals surface area contributed by atoms with E-state index < -0.39 is 5.97 Å². The minimum absolute atomic E-state index is 0. The number of hydrogen-bond donors (Lipinski definition) is 3. The first-order chi connectivity index (χ1) is 19.3. The smallest absolute Gasteiger partial charge is 0.300 e. The largest absolute Gasteiger partial charge is 0.481 e. The van der Waals surface area contributed by atoms with Crippen LogP contribution in [0.5, 0.6) is 0 Å². The summed E-state index contributed by atoms with van der Waals surface area (Å²) >= 11 is 0. The Balaban J connectivity index is -0.0000000213. The normalized spacial score (nSPS) is 5.91. The maximum atomic E-state index is 10.3. The third-order valence-corrected chi connectivity index (χ3v) is 2.69. The van der Waals surface area contributed by atoms with Crippen molar-refractivity contribution in [2.75, 3.05) is 35.3 Å². The van der Waals surface area contributed by atoms with Crippen molar-refractivity contribution < 1.29 is 114 Å². The van der Waals surface area contributed by atoms with Crippen molar-refractivity contribution in [3.63, 3.8) is 0 Å². The third-order valence-electron chi connectivity index (χ3n) is 2.69. The van der Waals surface area contributed by atoms with E-state index in [1.807, 2.05) is 55.4 Å². The van der Waals surface area contributed by atoms with Crippen LogP contribution in [0.15, 0.2) is 0 Å². The van der Waals surface area contributed by atoms with E-state index in [0.717, 1.165) is 16.7 Å². The molecule has 14 nitrogen and oxygen atoms in total. The fourth-order valence-corrected chi connectivity index (χ4v) is 0.443. The molecule has 0 aromatic rings. The van der Waals surface area contributed by atoms with Crippen LogP contribution >= 0.6 is 0 Å². The van der Waals surface area contributed by atoms with E-state index in [1.54, 1.807) is 14.1 Å². The SMILES string of the molecule is C.C.CC.CC.CC.CC.CC(=O)N(C)C(C)=O.CC(=O)N(C)C(C)=O.CC(=O)O.CNC(C)=O.CNC(C)=O.COC=O.[Y].[Y]. The average molecular weight is 827 g/mol. The van der Waals surface area contributed by atoms with Crippen LogP contribution in [0.2, 0.25) is 0 Å². The Labute approximate surface area is 333 Å². The van der Waals surface area contributed by atoms with Gasteiger partial charge < -0.3 is 20.5 Å². The van der Waals surface area contributed by atoms with Crippen LogP contribution in [0.4, 0.5) is 0 Å². The van der Waals surface area contributed by atoms with E-state index in [2.05, 4.69) is 15.4 Å².